The molecular weight excluding hydrogens is 396 g/mol. The molecule has 0 aromatic heterocycles. The third-order valence-electron chi connectivity index (χ3n) is 8.94. The van der Waals surface area contributed by atoms with E-state index in [1.165, 1.54) is 38.5 Å². The number of nitrogens with zero attached hydrogens (tertiary/aromatic N) is 1. The van der Waals surface area contributed by atoms with Crippen LogP contribution in [0.2, 0.25) is 0 Å². The Kier molecular flexibility index (Phi) is 6.14. The molecule has 1 aromatic carbocycles. The van der Waals surface area contributed by atoms with Crippen LogP contribution >= 0.6 is 0 Å². The smallest absolute Gasteiger partial charge is 0.246 e. The molecule has 1 heterocycles. The van der Waals surface area contributed by atoms with Gasteiger partial charge in [-0.1, -0.05) is 37.3 Å². The highest BCUT2D eigenvalue weighted by Crippen LogP contribution is 2.61. The topological polar surface area (TPSA) is 49.4 Å². The molecule has 2 amide bonds. The van der Waals surface area contributed by atoms with Gasteiger partial charge >= 0.3 is 0 Å². The number of likely N-dealkylation sites (tertiary alicyclic amines) is 1. The van der Waals surface area contributed by atoms with E-state index in [1.54, 1.807) is 6.08 Å². The van der Waals surface area contributed by atoms with E-state index < -0.39 is 0 Å². The van der Waals surface area contributed by atoms with Gasteiger partial charge in [0.25, 0.3) is 0 Å². The quantitative estimate of drug-likeness (QED) is 0.637. The van der Waals surface area contributed by atoms with Crippen molar-refractivity contribution in [2.24, 2.45) is 29.1 Å². The Labute approximate surface area is 192 Å². The zero-order chi connectivity index (χ0) is 22.1. The SMILES string of the molecule is CC[C@H](NC(=O)C1CCN(C(=O)/C=C/c2ccccc2)CC1)C12CC3CC(CC(C3)C1)C2. The normalized spacial score (nSPS) is 32.9. The average Bonchev–Trinajstić information content (AvgIpc) is 2.80. The molecule has 172 valence electrons. The maximum atomic E-state index is 13.2. The summed E-state index contributed by atoms with van der Waals surface area (Å²) in [6.45, 7) is 3.60. The Bertz CT molecular complexity index is 818. The van der Waals surface area contributed by atoms with Crippen molar-refractivity contribution in [2.45, 2.75) is 70.8 Å². The van der Waals surface area contributed by atoms with Gasteiger partial charge in [0, 0.05) is 31.1 Å². The summed E-state index contributed by atoms with van der Waals surface area (Å²) in [5, 5.41) is 3.53. The molecule has 0 unspecified atom stereocenters. The molecule has 6 rings (SSSR count). The van der Waals surface area contributed by atoms with Crippen LogP contribution in [0.25, 0.3) is 6.08 Å². The number of benzene rings is 1. The average molecular weight is 435 g/mol. The van der Waals surface area contributed by atoms with E-state index in [2.05, 4.69) is 12.2 Å². The summed E-state index contributed by atoms with van der Waals surface area (Å²) in [7, 11) is 0. The predicted molar refractivity (Wildman–Crippen MR) is 128 cm³/mol. The maximum absolute atomic E-state index is 13.2. The van der Waals surface area contributed by atoms with Gasteiger partial charge in [0.05, 0.1) is 0 Å². The van der Waals surface area contributed by atoms with Crippen LogP contribution in [0.5, 0.6) is 0 Å². The van der Waals surface area contributed by atoms with E-state index >= 15 is 0 Å². The maximum Gasteiger partial charge on any atom is 0.246 e. The van der Waals surface area contributed by atoms with Crippen molar-refractivity contribution in [1.29, 1.82) is 0 Å². The number of hydrogen-bond acceptors (Lipinski definition) is 2. The van der Waals surface area contributed by atoms with Crippen molar-refractivity contribution in [3.8, 4) is 0 Å². The molecule has 0 spiro atoms. The minimum absolute atomic E-state index is 0.0418. The highest BCUT2D eigenvalue weighted by atomic mass is 16.2. The van der Waals surface area contributed by atoms with E-state index in [1.807, 2.05) is 41.3 Å². The van der Waals surface area contributed by atoms with Crippen LogP contribution < -0.4 is 5.32 Å². The van der Waals surface area contributed by atoms with Gasteiger partial charge in [0.1, 0.15) is 0 Å². The standard InChI is InChI=1S/C28H38N2O2/c1-2-25(28-17-21-14-22(18-28)16-23(15-21)19-28)29-27(32)24-10-12-30(13-11-24)26(31)9-8-20-6-4-3-5-7-20/h3-9,21-25H,2,10-19H2,1H3,(H,29,32)/b9-8+/t21?,22?,23?,25-,28?/m0/s1. The Morgan fingerprint density at radius 1 is 1.03 bits per heavy atom. The molecule has 0 radical (unpaired) electrons. The lowest BCUT2D eigenvalue weighted by Gasteiger charge is -2.59. The van der Waals surface area contributed by atoms with Crippen LogP contribution in [-0.4, -0.2) is 35.8 Å². The molecule has 4 bridgehead atoms. The van der Waals surface area contributed by atoms with Crippen molar-refractivity contribution >= 4 is 17.9 Å². The van der Waals surface area contributed by atoms with E-state index in [0.29, 0.717) is 24.5 Å². The Balaban J connectivity index is 1.14. The van der Waals surface area contributed by atoms with Gasteiger partial charge < -0.3 is 10.2 Å². The summed E-state index contributed by atoms with van der Waals surface area (Å²) in [5.74, 6) is 3.05. The lowest BCUT2D eigenvalue weighted by atomic mass is 9.47. The van der Waals surface area contributed by atoms with Crippen molar-refractivity contribution < 1.29 is 9.59 Å². The fourth-order valence-corrected chi connectivity index (χ4v) is 7.78. The Hall–Kier alpha value is -2.10. The Morgan fingerprint density at radius 2 is 1.62 bits per heavy atom. The number of carbonyl (C=O) groups excluding carboxylic acids is 2. The molecule has 4 heteroatoms. The van der Waals surface area contributed by atoms with Crippen LogP contribution in [0.15, 0.2) is 36.4 Å². The third-order valence-corrected chi connectivity index (χ3v) is 8.94. The first-order chi connectivity index (χ1) is 15.5. The van der Waals surface area contributed by atoms with E-state index in [4.69, 9.17) is 0 Å². The largest absolute Gasteiger partial charge is 0.353 e. The van der Waals surface area contributed by atoms with E-state index in [-0.39, 0.29) is 17.7 Å². The fourth-order valence-electron chi connectivity index (χ4n) is 7.78. The molecule has 5 fully saturated rings. The summed E-state index contributed by atoms with van der Waals surface area (Å²) in [6, 6.07) is 10.2. The summed E-state index contributed by atoms with van der Waals surface area (Å²) >= 11 is 0. The predicted octanol–water partition coefficient (Wildman–Crippen LogP) is 5.05. The van der Waals surface area contributed by atoms with Crippen LogP contribution in [0.1, 0.15) is 70.3 Å². The molecule has 4 saturated carbocycles. The molecule has 5 aliphatic rings. The van der Waals surface area contributed by atoms with Gasteiger partial charge in [0.2, 0.25) is 11.8 Å². The number of hydrogen-bond donors (Lipinski definition) is 1. The minimum atomic E-state index is 0.0418. The first kappa shape index (κ1) is 21.7. The van der Waals surface area contributed by atoms with Crippen molar-refractivity contribution in [3.63, 3.8) is 0 Å². The molecule has 1 N–H and O–H groups in total. The first-order valence-electron chi connectivity index (χ1n) is 12.9. The highest BCUT2D eigenvalue weighted by Gasteiger charge is 2.54. The minimum Gasteiger partial charge on any atom is -0.353 e. The fraction of sp³-hybridized carbons (Fsp3) is 0.643. The zero-order valence-electron chi connectivity index (χ0n) is 19.5. The molecule has 4 nitrogen and oxygen atoms in total. The van der Waals surface area contributed by atoms with Crippen LogP contribution in [0.4, 0.5) is 0 Å². The lowest BCUT2D eigenvalue weighted by Crippen LogP contribution is -2.57. The molecule has 1 aromatic rings. The highest BCUT2D eigenvalue weighted by molar-refractivity contribution is 5.92. The van der Waals surface area contributed by atoms with Gasteiger partial charge in [-0.15, -0.1) is 0 Å². The Morgan fingerprint density at radius 3 is 2.19 bits per heavy atom. The van der Waals surface area contributed by atoms with Crippen LogP contribution in [0.3, 0.4) is 0 Å². The van der Waals surface area contributed by atoms with Gasteiger partial charge in [-0.2, -0.15) is 0 Å². The van der Waals surface area contributed by atoms with Gasteiger partial charge in [-0.25, -0.2) is 0 Å². The van der Waals surface area contributed by atoms with E-state index in [9.17, 15) is 9.59 Å². The molecule has 1 saturated heterocycles. The van der Waals surface area contributed by atoms with Gasteiger partial charge in [-0.3, -0.25) is 9.59 Å². The van der Waals surface area contributed by atoms with Gasteiger partial charge in [-0.05, 0) is 92.6 Å². The van der Waals surface area contributed by atoms with Crippen molar-refractivity contribution in [2.75, 3.05) is 13.1 Å². The first-order valence-corrected chi connectivity index (χ1v) is 12.9. The second kappa shape index (κ2) is 9.03. The molecular formula is C28H38N2O2. The molecule has 1 atom stereocenters. The lowest BCUT2D eigenvalue weighted by molar-refractivity contribution is -0.135. The third kappa shape index (κ3) is 4.38. The number of rotatable bonds is 6. The summed E-state index contributed by atoms with van der Waals surface area (Å²) in [4.78, 5) is 27.7. The second-order valence-electron chi connectivity index (χ2n) is 11.1. The van der Waals surface area contributed by atoms with Gasteiger partial charge in [0.15, 0.2) is 0 Å². The monoisotopic (exact) mass is 434 g/mol. The number of piperidine rings is 1. The molecule has 32 heavy (non-hydrogen) atoms. The van der Waals surface area contributed by atoms with E-state index in [0.717, 1.165) is 42.6 Å². The summed E-state index contributed by atoms with van der Waals surface area (Å²) in [5.41, 5.74) is 1.39. The number of carbonyl (C=O) groups is 2. The summed E-state index contributed by atoms with van der Waals surface area (Å²) < 4.78 is 0. The molecule has 1 aliphatic heterocycles. The van der Waals surface area contributed by atoms with Crippen molar-refractivity contribution in [3.05, 3.63) is 42.0 Å². The van der Waals surface area contributed by atoms with Crippen molar-refractivity contribution in [1.82, 2.24) is 10.2 Å². The van der Waals surface area contributed by atoms with Crippen LogP contribution in [-0.2, 0) is 9.59 Å². The van der Waals surface area contributed by atoms with Crippen LogP contribution in [0, 0.1) is 29.1 Å². The molecule has 4 aliphatic carbocycles. The number of nitrogens with one attached hydrogen (secondary N) is 1. The number of amides is 2. The second-order valence-corrected chi connectivity index (χ2v) is 11.1. The summed E-state index contributed by atoms with van der Waals surface area (Å²) in [6.07, 6.45) is 14.4. The zero-order valence-corrected chi connectivity index (χ0v) is 19.5.